The summed E-state index contributed by atoms with van der Waals surface area (Å²) < 4.78 is 4.60. The Morgan fingerprint density at radius 2 is 1.69 bits per heavy atom. The molecule has 0 bridgehead atoms. The van der Waals surface area contributed by atoms with Gasteiger partial charge in [-0.3, -0.25) is 20.2 Å². The summed E-state index contributed by atoms with van der Waals surface area (Å²) in [5.41, 5.74) is 0.149. The van der Waals surface area contributed by atoms with E-state index in [0.29, 0.717) is 10.5 Å². The van der Waals surface area contributed by atoms with Gasteiger partial charge in [-0.2, -0.15) is 0 Å². The maximum atomic E-state index is 12.2. The van der Waals surface area contributed by atoms with Crippen LogP contribution in [-0.4, -0.2) is 21.8 Å². The second kappa shape index (κ2) is 5.85. The van der Waals surface area contributed by atoms with E-state index in [1.54, 1.807) is 6.07 Å². The molecule has 3 aromatic rings. The molecule has 0 atom stereocenters. The zero-order valence-electron chi connectivity index (χ0n) is 14.3. The summed E-state index contributed by atoms with van der Waals surface area (Å²) in [7, 11) is 0. The number of carbonyl (C=O) groups is 2. The fraction of sp³-hybridized carbons (Fsp3) is 0.0526. The van der Waals surface area contributed by atoms with Crippen molar-refractivity contribution in [2.45, 2.75) is 16.2 Å². The van der Waals surface area contributed by atoms with Crippen LogP contribution in [0, 0.1) is 20.2 Å². The number of esters is 2. The minimum absolute atomic E-state index is 0.0181. The number of hydrogen-bond acceptors (Lipinski definition) is 8. The maximum Gasteiger partial charge on any atom is 0.347 e. The molecule has 0 radical (unpaired) electrons. The van der Waals surface area contributed by atoms with Crippen molar-refractivity contribution >= 4 is 45.8 Å². The molecule has 2 aliphatic rings. The van der Waals surface area contributed by atoms with Gasteiger partial charge in [-0.25, -0.2) is 9.59 Å². The Labute approximate surface area is 165 Å². The second-order valence-corrected chi connectivity index (χ2v) is 7.57. The molecule has 0 N–H and O–H groups in total. The van der Waals surface area contributed by atoms with Gasteiger partial charge in [0.25, 0.3) is 11.4 Å². The summed E-state index contributed by atoms with van der Waals surface area (Å²) in [6.45, 7) is 0. The summed E-state index contributed by atoms with van der Waals surface area (Å²) in [6.07, 6.45) is 0.222. The van der Waals surface area contributed by atoms with Crippen molar-refractivity contribution in [3.05, 3.63) is 78.9 Å². The summed E-state index contributed by atoms with van der Waals surface area (Å²) >= 11 is 1.16. The van der Waals surface area contributed by atoms with Gasteiger partial charge >= 0.3 is 11.9 Å². The smallest absolute Gasteiger partial charge is 0.347 e. The van der Waals surface area contributed by atoms with Crippen molar-refractivity contribution in [1.82, 2.24) is 0 Å². The number of hydrogen-bond donors (Lipinski definition) is 0. The molecule has 9 nitrogen and oxygen atoms in total. The maximum absolute atomic E-state index is 12.2. The lowest BCUT2D eigenvalue weighted by Crippen LogP contribution is -2.07. The summed E-state index contributed by atoms with van der Waals surface area (Å²) in [4.78, 5) is 47.6. The lowest BCUT2D eigenvalue weighted by molar-refractivity contribution is -0.387. The number of benzene rings is 3. The third-order valence-corrected chi connectivity index (χ3v) is 6.27. The normalized spacial score (nSPS) is 14.2. The number of carbonyl (C=O) groups excluding carboxylic acids is 2. The monoisotopic (exact) mass is 408 g/mol. The molecule has 2 aliphatic heterocycles. The van der Waals surface area contributed by atoms with Gasteiger partial charge in [-0.05, 0) is 17.2 Å². The highest BCUT2D eigenvalue weighted by molar-refractivity contribution is 7.99. The summed E-state index contributed by atoms with van der Waals surface area (Å²) in [5, 5.41) is 23.6. The van der Waals surface area contributed by atoms with E-state index in [-0.39, 0.29) is 34.0 Å². The van der Waals surface area contributed by atoms with Crippen molar-refractivity contribution in [2.75, 3.05) is 0 Å². The predicted octanol–water partition coefficient (Wildman–Crippen LogP) is 4.02. The Bertz CT molecular complexity index is 1330. The molecule has 0 amide bonds. The van der Waals surface area contributed by atoms with Crippen molar-refractivity contribution in [1.29, 1.82) is 0 Å². The van der Waals surface area contributed by atoms with E-state index in [4.69, 9.17) is 0 Å². The Morgan fingerprint density at radius 1 is 0.966 bits per heavy atom. The van der Waals surface area contributed by atoms with E-state index in [0.717, 1.165) is 34.4 Å². The molecule has 142 valence electrons. The SMILES string of the molecule is O=C1OC(=O)c2c1cc([N+](=O)[O-])c1c3c(c([N+](=O)[O-])cc21)Sc1ccccc1C3. The van der Waals surface area contributed by atoms with Crippen LogP contribution in [-0.2, 0) is 11.2 Å². The fourth-order valence-corrected chi connectivity index (χ4v) is 4.98. The topological polar surface area (TPSA) is 130 Å². The molecule has 0 aliphatic carbocycles. The second-order valence-electron chi connectivity index (χ2n) is 6.52. The number of ether oxygens (including phenoxy) is 1. The van der Waals surface area contributed by atoms with Gasteiger partial charge in [0.1, 0.15) is 0 Å². The van der Waals surface area contributed by atoms with Gasteiger partial charge < -0.3 is 4.74 Å². The number of rotatable bonds is 2. The molecule has 0 fully saturated rings. The first-order valence-corrected chi connectivity index (χ1v) is 9.16. The van der Waals surface area contributed by atoms with Crippen LogP contribution in [0.2, 0.25) is 0 Å². The number of nitro groups is 2. The van der Waals surface area contributed by atoms with Crippen molar-refractivity contribution in [3.63, 3.8) is 0 Å². The predicted molar refractivity (Wildman–Crippen MR) is 100 cm³/mol. The molecular formula is C19H8N2O7S. The first-order valence-electron chi connectivity index (χ1n) is 8.34. The Kier molecular flexibility index (Phi) is 3.49. The van der Waals surface area contributed by atoms with Crippen molar-refractivity contribution in [3.8, 4) is 0 Å². The Balaban J connectivity index is 1.96. The van der Waals surface area contributed by atoms with Crippen LogP contribution in [0.5, 0.6) is 0 Å². The molecule has 3 aromatic carbocycles. The van der Waals surface area contributed by atoms with Gasteiger partial charge in [0.15, 0.2) is 0 Å². The van der Waals surface area contributed by atoms with E-state index in [1.165, 1.54) is 0 Å². The molecule has 0 saturated heterocycles. The van der Waals surface area contributed by atoms with Crippen molar-refractivity contribution < 1.29 is 24.2 Å². The van der Waals surface area contributed by atoms with Crippen LogP contribution in [0.3, 0.4) is 0 Å². The molecule has 0 unspecified atom stereocenters. The third kappa shape index (κ3) is 2.36. The lowest BCUT2D eigenvalue weighted by atomic mass is 9.91. The van der Waals surface area contributed by atoms with Gasteiger partial charge in [-0.1, -0.05) is 30.0 Å². The standard InChI is InChI=1S/C19H8N2O7S/c22-18-11-7-12(20(24)25)15-9(16(11)19(23)28-18)6-13(21(26)27)17-10(15)5-8-3-1-2-4-14(8)29-17/h1-4,6-7H,5H2. The van der Waals surface area contributed by atoms with E-state index >= 15 is 0 Å². The first-order chi connectivity index (χ1) is 13.9. The number of nitrogens with zero attached hydrogens (tertiary/aromatic N) is 2. The van der Waals surface area contributed by atoms with E-state index in [9.17, 15) is 29.8 Å². The number of nitro benzene ring substituents is 2. The highest BCUT2D eigenvalue weighted by Crippen LogP contribution is 2.50. The van der Waals surface area contributed by atoms with Gasteiger partial charge in [0.05, 0.1) is 31.3 Å². The fourth-order valence-electron chi connectivity index (χ4n) is 3.80. The molecule has 2 heterocycles. The van der Waals surface area contributed by atoms with Gasteiger partial charge in [0.2, 0.25) is 0 Å². The molecule has 0 aromatic heterocycles. The quantitative estimate of drug-likeness (QED) is 0.210. The minimum Gasteiger partial charge on any atom is -0.386 e. The largest absolute Gasteiger partial charge is 0.386 e. The van der Waals surface area contributed by atoms with Gasteiger partial charge in [0, 0.05) is 28.8 Å². The highest BCUT2D eigenvalue weighted by atomic mass is 32.2. The van der Waals surface area contributed by atoms with Crippen LogP contribution >= 0.6 is 11.8 Å². The van der Waals surface area contributed by atoms with Crippen LogP contribution in [0.15, 0.2) is 46.2 Å². The zero-order chi connectivity index (χ0) is 20.4. The average molecular weight is 408 g/mol. The summed E-state index contributed by atoms with van der Waals surface area (Å²) in [5.74, 6) is -1.97. The molecule has 0 saturated carbocycles. The lowest BCUT2D eigenvalue weighted by Gasteiger charge is -2.21. The number of fused-ring (bicyclic) bond motifs is 6. The Morgan fingerprint density at radius 3 is 2.41 bits per heavy atom. The van der Waals surface area contributed by atoms with Crippen molar-refractivity contribution in [2.24, 2.45) is 0 Å². The first kappa shape index (κ1) is 17.3. The zero-order valence-corrected chi connectivity index (χ0v) is 15.1. The molecule has 5 rings (SSSR count). The van der Waals surface area contributed by atoms with Gasteiger partial charge in [-0.15, -0.1) is 0 Å². The number of non-ortho nitro benzene ring substituents is 1. The van der Waals surface area contributed by atoms with Crippen LogP contribution in [0.1, 0.15) is 31.8 Å². The summed E-state index contributed by atoms with van der Waals surface area (Å²) in [6, 6.07) is 9.42. The van der Waals surface area contributed by atoms with Crippen LogP contribution < -0.4 is 0 Å². The van der Waals surface area contributed by atoms with Crippen LogP contribution in [0.4, 0.5) is 11.4 Å². The van der Waals surface area contributed by atoms with E-state index < -0.39 is 27.5 Å². The molecule has 0 spiro atoms. The third-order valence-electron chi connectivity index (χ3n) is 4.99. The minimum atomic E-state index is -1.00. The average Bonchev–Trinajstić information content (AvgIpc) is 2.98. The van der Waals surface area contributed by atoms with Crippen LogP contribution in [0.25, 0.3) is 10.8 Å². The number of cyclic esters (lactones) is 2. The van der Waals surface area contributed by atoms with E-state index in [1.807, 2.05) is 18.2 Å². The van der Waals surface area contributed by atoms with E-state index in [2.05, 4.69) is 4.74 Å². The molecule has 10 heteroatoms. The molecular weight excluding hydrogens is 400 g/mol. The Hall–Kier alpha value is -3.79. The molecule has 29 heavy (non-hydrogen) atoms. The highest BCUT2D eigenvalue weighted by Gasteiger charge is 2.39.